The predicted octanol–water partition coefficient (Wildman–Crippen LogP) is 2.45. The standard InChI is InChI=1S/C12H15BrN4O2/c1-7(2)17-6-9(13)4-10(17)12(18)14-5-11-15-8(3)19-16-11/h4,6-7H,5H2,1-3H3,(H,14,18). The van der Waals surface area contributed by atoms with E-state index in [0.29, 0.717) is 17.4 Å². The summed E-state index contributed by atoms with van der Waals surface area (Å²) in [6.45, 7) is 5.99. The first-order chi connectivity index (χ1) is 8.97. The van der Waals surface area contributed by atoms with Gasteiger partial charge in [0.2, 0.25) is 5.89 Å². The SMILES string of the molecule is Cc1nc(CNC(=O)c2cc(Br)cn2C(C)C)no1. The molecule has 7 heteroatoms. The molecule has 0 aliphatic heterocycles. The second kappa shape index (κ2) is 5.56. The summed E-state index contributed by atoms with van der Waals surface area (Å²) in [5, 5.41) is 6.50. The van der Waals surface area contributed by atoms with Crippen LogP contribution in [0.3, 0.4) is 0 Å². The lowest BCUT2D eigenvalue weighted by Crippen LogP contribution is -2.26. The van der Waals surface area contributed by atoms with Crippen LogP contribution in [-0.2, 0) is 6.54 Å². The van der Waals surface area contributed by atoms with E-state index in [0.717, 1.165) is 4.47 Å². The highest BCUT2D eigenvalue weighted by atomic mass is 79.9. The minimum Gasteiger partial charge on any atom is -0.343 e. The highest BCUT2D eigenvalue weighted by Gasteiger charge is 2.15. The summed E-state index contributed by atoms with van der Waals surface area (Å²) in [4.78, 5) is 16.2. The zero-order valence-corrected chi connectivity index (χ0v) is 12.6. The molecule has 1 amide bonds. The molecule has 0 aliphatic rings. The lowest BCUT2D eigenvalue weighted by Gasteiger charge is -2.12. The van der Waals surface area contributed by atoms with E-state index >= 15 is 0 Å². The molecule has 0 aromatic carbocycles. The van der Waals surface area contributed by atoms with E-state index in [4.69, 9.17) is 4.52 Å². The second-order valence-corrected chi connectivity index (χ2v) is 5.37. The van der Waals surface area contributed by atoms with Crippen molar-refractivity contribution in [3.8, 4) is 0 Å². The van der Waals surface area contributed by atoms with Gasteiger partial charge in [-0.25, -0.2) is 0 Å². The van der Waals surface area contributed by atoms with Crippen molar-refractivity contribution in [3.05, 3.63) is 34.1 Å². The van der Waals surface area contributed by atoms with Gasteiger partial charge in [0, 0.05) is 23.6 Å². The number of aromatic nitrogens is 3. The fourth-order valence-electron chi connectivity index (χ4n) is 1.72. The van der Waals surface area contributed by atoms with Crippen molar-refractivity contribution in [2.24, 2.45) is 0 Å². The molecule has 0 saturated carbocycles. The number of nitrogens with one attached hydrogen (secondary N) is 1. The minimum atomic E-state index is -0.165. The molecule has 2 aromatic heterocycles. The topological polar surface area (TPSA) is 73.0 Å². The molecule has 2 aromatic rings. The van der Waals surface area contributed by atoms with Crippen molar-refractivity contribution < 1.29 is 9.32 Å². The zero-order chi connectivity index (χ0) is 14.0. The van der Waals surface area contributed by atoms with E-state index in [1.165, 1.54) is 0 Å². The third-order valence-corrected chi connectivity index (χ3v) is 3.01. The first-order valence-electron chi connectivity index (χ1n) is 5.92. The lowest BCUT2D eigenvalue weighted by atomic mass is 10.3. The van der Waals surface area contributed by atoms with Crippen molar-refractivity contribution in [1.29, 1.82) is 0 Å². The van der Waals surface area contributed by atoms with Gasteiger partial charge >= 0.3 is 0 Å². The first-order valence-corrected chi connectivity index (χ1v) is 6.71. The quantitative estimate of drug-likeness (QED) is 0.936. The Bertz CT molecular complexity index is 588. The Balaban J connectivity index is 2.07. The molecule has 0 bridgehead atoms. The van der Waals surface area contributed by atoms with E-state index in [2.05, 4.69) is 31.4 Å². The van der Waals surface area contributed by atoms with E-state index in [1.54, 1.807) is 13.0 Å². The van der Waals surface area contributed by atoms with Gasteiger partial charge in [0.05, 0.1) is 6.54 Å². The van der Waals surface area contributed by atoms with Crippen molar-refractivity contribution in [2.45, 2.75) is 33.4 Å². The normalized spacial score (nSPS) is 11.0. The molecule has 0 atom stereocenters. The van der Waals surface area contributed by atoms with Crippen LogP contribution in [0.1, 0.15) is 42.1 Å². The molecule has 0 saturated heterocycles. The summed E-state index contributed by atoms with van der Waals surface area (Å²) < 4.78 is 7.62. The summed E-state index contributed by atoms with van der Waals surface area (Å²) in [7, 11) is 0. The predicted molar refractivity (Wildman–Crippen MR) is 72.7 cm³/mol. The van der Waals surface area contributed by atoms with Gasteiger partial charge in [-0.2, -0.15) is 4.98 Å². The van der Waals surface area contributed by atoms with E-state index in [1.807, 2.05) is 24.6 Å². The molecule has 0 radical (unpaired) electrons. The molecule has 0 unspecified atom stereocenters. The zero-order valence-electron chi connectivity index (χ0n) is 11.0. The molecule has 19 heavy (non-hydrogen) atoms. The molecular weight excluding hydrogens is 312 g/mol. The monoisotopic (exact) mass is 326 g/mol. The van der Waals surface area contributed by atoms with Crippen LogP contribution in [0.15, 0.2) is 21.3 Å². The maximum atomic E-state index is 12.1. The molecule has 1 N–H and O–H groups in total. The summed E-state index contributed by atoms with van der Waals surface area (Å²) in [5.41, 5.74) is 0.599. The van der Waals surface area contributed by atoms with Crippen molar-refractivity contribution in [2.75, 3.05) is 0 Å². The molecule has 0 aliphatic carbocycles. The van der Waals surface area contributed by atoms with Crippen LogP contribution in [0.25, 0.3) is 0 Å². The van der Waals surface area contributed by atoms with Gasteiger partial charge in [0.25, 0.3) is 5.91 Å². The number of nitrogens with zero attached hydrogens (tertiary/aromatic N) is 3. The number of hydrogen-bond donors (Lipinski definition) is 1. The van der Waals surface area contributed by atoms with E-state index < -0.39 is 0 Å². The summed E-state index contributed by atoms with van der Waals surface area (Å²) >= 11 is 3.38. The maximum absolute atomic E-state index is 12.1. The van der Waals surface area contributed by atoms with Crippen LogP contribution in [0, 0.1) is 6.92 Å². The molecule has 102 valence electrons. The van der Waals surface area contributed by atoms with E-state index in [-0.39, 0.29) is 18.5 Å². The highest BCUT2D eigenvalue weighted by molar-refractivity contribution is 9.10. The van der Waals surface area contributed by atoms with Gasteiger partial charge in [0.15, 0.2) is 5.82 Å². The van der Waals surface area contributed by atoms with Gasteiger partial charge in [-0.15, -0.1) is 0 Å². The third kappa shape index (κ3) is 3.23. The molecule has 0 spiro atoms. The average Bonchev–Trinajstić information content (AvgIpc) is 2.92. The summed E-state index contributed by atoms with van der Waals surface area (Å²) in [6.07, 6.45) is 1.89. The number of hydrogen-bond acceptors (Lipinski definition) is 4. The average molecular weight is 327 g/mol. The Labute approximate surface area is 119 Å². The molecule has 2 heterocycles. The molecule has 0 fully saturated rings. The van der Waals surface area contributed by atoms with Crippen LogP contribution in [-0.4, -0.2) is 20.6 Å². The number of rotatable bonds is 4. The van der Waals surface area contributed by atoms with Crippen LogP contribution in [0.5, 0.6) is 0 Å². The van der Waals surface area contributed by atoms with Gasteiger partial charge in [-0.05, 0) is 35.8 Å². The number of carbonyl (C=O) groups is 1. The van der Waals surface area contributed by atoms with E-state index in [9.17, 15) is 4.79 Å². The minimum absolute atomic E-state index is 0.165. The Morgan fingerprint density at radius 3 is 2.89 bits per heavy atom. The van der Waals surface area contributed by atoms with Gasteiger partial charge in [0.1, 0.15) is 5.69 Å². The Kier molecular flexibility index (Phi) is 4.04. The number of halogens is 1. The number of carbonyl (C=O) groups excluding carboxylic acids is 1. The lowest BCUT2D eigenvalue weighted by molar-refractivity contribution is 0.0939. The molecular formula is C12H15BrN4O2. The second-order valence-electron chi connectivity index (χ2n) is 4.46. The first kappa shape index (κ1) is 13.8. The summed E-state index contributed by atoms with van der Waals surface area (Å²) in [6, 6.07) is 2.00. The number of amides is 1. The summed E-state index contributed by atoms with van der Waals surface area (Å²) in [5.74, 6) is 0.784. The molecule has 2 rings (SSSR count). The highest BCUT2D eigenvalue weighted by Crippen LogP contribution is 2.19. The van der Waals surface area contributed by atoms with Gasteiger partial charge in [-0.3, -0.25) is 4.79 Å². The Hall–Kier alpha value is -1.63. The van der Waals surface area contributed by atoms with Crippen molar-refractivity contribution >= 4 is 21.8 Å². The smallest absolute Gasteiger partial charge is 0.268 e. The number of aryl methyl sites for hydroxylation is 1. The molecule has 6 nitrogen and oxygen atoms in total. The van der Waals surface area contributed by atoms with Crippen LogP contribution in [0.4, 0.5) is 0 Å². The van der Waals surface area contributed by atoms with Gasteiger partial charge in [-0.1, -0.05) is 5.16 Å². The van der Waals surface area contributed by atoms with Crippen LogP contribution < -0.4 is 5.32 Å². The maximum Gasteiger partial charge on any atom is 0.268 e. The largest absolute Gasteiger partial charge is 0.343 e. The third-order valence-electron chi connectivity index (χ3n) is 2.58. The fourth-order valence-corrected chi connectivity index (χ4v) is 2.16. The Morgan fingerprint density at radius 2 is 2.32 bits per heavy atom. The van der Waals surface area contributed by atoms with Crippen molar-refractivity contribution in [3.63, 3.8) is 0 Å². The fraction of sp³-hybridized carbons (Fsp3) is 0.417. The van der Waals surface area contributed by atoms with Crippen molar-refractivity contribution in [1.82, 2.24) is 20.0 Å². The van der Waals surface area contributed by atoms with Crippen LogP contribution >= 0.6 is 15.9 Å². The van der Waals surface area contributed by atoms with Crippen LogP contribution in [0.2, 0.25) is 0 Å². The Morgan fingerprint density at radius 1 is 1.58 bits per heavy atom. The van der Waals surface area contributed by atoms with Gasteiger partial charge < -0.3 is 14.4 Å².